The minimum Gasteiger partial charge on any atom is -0.462 e. The maximum absolute atomic E-state index is 12.7. The Bertz CT molecular complexity index is 1170. The van der Waals surface area contributed by atoms with Crippen LogP contribution in [-0.2, 0) is 28.6 Å². The maximum atomic E-state index is 12.7. The van der Waals surface area contributed by atoms with Gasteiger partial charge in [0.05, 0.1) is 6.42 Å². The normalized spacial score (nSPS) is 13.0. The van der Waals surface area contributed by atoms with E-state index >= 15 is 0 Å². The molecule has 1 unspecified atom stereocenters. The number of carbonyl (C=O) groups is 3. The second-order valence-corrected chi connectivity index (χ2v) is 14.2. The Balaban J connectivity index is 4.55. The summed E-state index contributed by atoms with van der Waals surface area (Å²) in [5.74, 6) is -1.15. The Morgan fingerprint density at radius 1 is 0.393 bits per heavy atom. The molecule has 0 aliphatic carbocycles. The van der Waals surface area contributed by atoms with Crippen molar-refractivity contribution in [3.63, 3.8) is 0 Å². The molecule has 0 radical (unpaired) electrons. The van der Waals surface area contributed by atoms with Gasteiger partial charge in [-0.05, 0) is 64.2 Å². The fourth-order valence-corrected chi connectivity index (χ4v) is 5.61. The van der Waals surface area contributed by atoms with Crippen molar-refractivity contribution in [1.82, 2.24) is 0 Å². The summed E-state index contributed by atoms with van der Waals surface area (Å²) < 4.78 is 16.5. The zero-order chi connectivity index (χ0) is 40.8. The second kappa shape index (κ2) is 44.0. The summed E-state index contributed by atoms with van der Waals surface area (Å²) >= 11 is 0. The smallest absolute Gasteiger partial charge is 0.309 e. The van der Waals surface area contributed by atoms with E-state index in [1.54, 1.807) is 6.08 Å². The molecule has 0 aliphatic heterocycles. The first-order chi connectivity index (χ1) is 27.5. The average Bonchev–Trinajstić information content (AvgIpc) is 3.19. The van der Waals surface area contributed by atoms with Gasteiger partial charge in [-0.25, -0.2) is 0 Å². The molecule has 0 saturated heterocycles. The van der Waals surface area contributed by atoms with Crippen LogP contribution in [0.4, 0.5) is 0 Å². The van der Waals surface area contributed by atoms with Gasteiger partial charge in [0.15, 0.2) is 6.10 Å². The number of carbonyl (C=O) groups excluding carboxylic acids is 3. The Morgan fingerprint density at radius 3 is 1.21 bits per heavy atom. The predicted molar refractivity (Wildman–Crippen MR) is 237 cm³/mol. The molecule has 56 heavy (non-hydrogen) atoms. The summed E-state index contributed by atoms with van der Waals surface area (Å²) in [6.07, 6.45) is 57.2. The van der Waals surface area contributed by atoms with Gasteiger partial charge < -0.3 is 14.2 Å². The van der Waals surface area contributed by atoms with Crippen molar-refractivity contribution >= 4 is 17.9 Å². The van der Waals surface area contributed by atoms with E-state index < -0.39 is 12.1 Å². The molecule has 0 rings (SSSR count). The van der Waals surface area contributed by atoms with Gasteiger partial charge in [-0.15, -0.1) is 0 Å². The Morgan fingerprint density at radius 2 is 0.768 bits per heavy atom. The number of ether oxygens (including phenoxy) is 3. The molecule has 0 aliphatic rings. The fraction of sp³-hybridized carbons (Fsp3) is 0.620. The predicted octanol–water partition coefficient (Wildman–Crippen LogP) is 14.2. The maximum Gasteiger partial charge on any atom is 0.309 e. The molecule has 0 N–H and O–H groups in total. The van der Waals surface area contributed by atoms with Gasteiger partial charge in [-0.3, -0.25) is 14.4 Å². The van der Waals surface area contributed by atoms with Gasteiger partial charge in [0.2, 0.25) is 0 Å². The minimum absolute atomic E-state index is 0.121. The van der Waals surface area contributed by atoms with Crippen LogP contribution in [0.3, 0.4) is 0 Å². The Labute approximate surface area is 343 Å². The SMILES string of the molecule is CC/C=C\C/C=C\C/C=C\C/C=C\C/C=C\CCC(=O)OCC(COC(=O)C/C=C\C/C=C\C/C=C\CC)OC(=O)CCCCCCCCCCCCCCC. The lowest BCUT2D eigenvalue weighted by molar-refractivity contribution is -0.166. The van der Waals surface area contributed by atoms with Crippen molar-refractivity contribution < 1.29 is 28.6 Å². The van der Waals surface area contributed by atoms with Crippen molar-refractivity contribution in [2.24, 2.45) is 0 Å². The van der Waals surface area contributed by atoms with E-state index in [2.05, 4.69) is 93.7 Å². The first-order valence-corrected chi connectivity index (χ1v) is 22.2. The summed E-state index contributed by atoms with van der Waals surface area (Å²) in [5, 5.41) is 0. The van der Waals surface area contributed by atoms with Crippen LogP contribution in [0, 0.1) is 0 Å². The largest absolute Gasteiger partial charge is 0.462 e. The average molecular weight is 777 g/mol. The molecule has 0 spiro atoms. The van der Waals surface area contributed by atoms with E-state index in [1.807, 2.05) is 18.2 Å². The van der Waals surface area contributed by atoms with E-state index in [-0.39, 0.29) is 38.0 Å². The van der Waals surface area contributed by atoms with Crippen LogP contribution in [0.15, 0.2) is 97.2 Å². The molecule has 1 atom stereocenters. The van der Waals surface area contributed by atoms with Gasteiger partial charge in [0, 0.05) is 12.8 Å². The topological polar surface area (TPSA) is 78.9 Å². The lowest BCUT2D eigenvalue weighted by atomic mass is 10.0. The number of hydrogen-bond donors (Lipinski definition) is 0. The summed E-state index contributed by atoms with van der Waals surface area (Å²) in [4.78, 5) is 37.6. The molecule has 0 saturated carbocycles. The number of unbranched alkanes of at least 4 members (excludes halogenated alkanes) is 12. The van der Waals surface area contributed by atoms with Crippen LogP contribution in [0.25, 0.3) is 0 Å². The van der Waals surface area contributed by atoms with Gasteiger partial charge in [0.1, 0.15) is 13.2 Å². The molecule has 316 valence electrons. The number of esters is 3. The van der Waals surface area contributed by atoms with Crippen molar-refractivity contribution in [3.8, 4) is 0 Å². The zero-order valence-electron chi connectivity index (χ0n) is 35.9. The van der Waals surface area contributed by atoms with Crippen molar-refractivity contribution in [3.05, 3.63) is 97.2 Å². The highest BCUT2D eigenvalue weighted by atomic mass is 16.6. The molecular formula is C50H80O6. The van der Waals surface area contributed by atoms with Crippen LogP contribution < -0.4 is 0 Å². The van der Waals surface area contributed by atoms with Crippen LogP contribution in [0.2, 0.25) is 0 Å². The van der Waals surface area contributed by atoms with Crippen LogP contribution in [-0.4, -0.2) is 37.2 Å². The molecule has 0 aromatic carbocycles. The molecule has 0 aromatic rings. The molecule has 0 amide bonds. The third kappa shape index (κ3) is 41.5. The summed E-state index contributed by atoms with van der Waals surface area (Å²) in [5.41, 5.74) is 0. The summed E-state index contributed by atoms with van der Waals surface area (Å²) in [6.45, 7) is 6.21. The van der Waals surface area contributed by atoms with Gasteiger partial charge in [-0.2, -0.15) is 0 Å². The highest BCUT2D eigenvalue weighted by molar-refractivity contribution is 5.72. The molecule has 6 nitrogen and oxygen atoms in total. The van der Waals surface area contributed by atoms with Crippen LogP contribution in [0.5, 0.6) is 0 Å². The highest BCUT2D eigenvalue weighted by Crippen LogP contribution is 2.14. The summed E-state index contributed by atoms with van der Waals surface area (Å²) in [7, 11) is 0. The van der Waals surface area contributed by atoms with Gasteiger partial charge in [-0.1, -0.05) is 195 Å². The third-order valence-corrected chi connectivity index (χ3v) is 8.88. The van der Waals surface area contributed by atoms with E-state index in [1.165, 1.54) is 64.2 Å². The lowest BCUT2D eigenvalue weighted by Crippen LogP contribution is -2.30. The van der Waals surface area contributed by atoms with Crippen molar-refractivity contribution in [2.45, 2.75) is 187 Å². The first kappa shape index (κ1) is 52.3. The summed E-state index contributed by atoms with van der Waals surface area (Å²) in [6, 6.07) is 0. The third-order valence-electron chi connectivity index (χ3n) is 8.88. The van der Waals surface area contributed by atoms with Gasteiger partial charge >= 0.3 is 17.9 Å². The number of allylic oxidation sites excluding steroid dienone is 15. The number of hydrogen-bond acceptors (Lipinski definition) is 6. The van der Waals surface area contributed by atoms with Gasteiger partial charge in [0.25, 0.3) is 0 Å². The van der Waals surface area contributed by atoms with Crippen LogP contribution in [0.1, 0.15) is 181 Å². The molecule has 0 heterocycles. The van der Waals surface area contributed by atoms with Crippen molar-refractivity contribution in [1.29, 1.82) is 0 Å². The Hall–Kier alpha value is -3.67. The second-order valence-electron chi connectivity index (χ2n) is 14.2. The van der Waals surface area contributed by atoms with E-state index in [0.717, 1.165) is 70.6 Å². The molecular weight excluding hydrogens is 697 g/mol. The van der Waals surface area contributed by atoms with E-state index in [4.69, 9.17) is 14.2 Å². The fourth-order valence-electron chi connectivity index (χ4n) is 5.61. The number of rotatable bonds is 38. The van der Waals surface area contributed by atoms with E-state index in [9.17, 15) is 14.4 Å². The molecule has 6 heteroatoms. The van der Waals surface area contributed by atoms with Crippen molar-refractivity contribution in [2.75, 3.05) is 13.2 Å². The molecule has 0 fully saturated rings. The van der Waals surface area contributed by atoms with E-state index in [0.29, 0.717) is 12.8 Å². The monoisotopic (exact) mass is 777 g/mol. The Kier molecular flexibility index (Phi) is 41.2. The molecule has 0 aromatic heterocycles. The quantitative estimate of drug-likeness (QED) is 0.0269. The standard InChI is InChI=1S/C50H80O6/c1-4-7-10-13-16-19-21-23-24-25-27-28-31-34-37-40-43-49(52)55-46-47(45-54-48(51)42-39-36-33-30-18-15-12-9-6-3)56-50(53)44-41-38-35-32-29-26-22-20-17-14-11-8-5-2/h7,9-10,12,16,18-19,23-24,27-28,30,34,36-37,39,47H,4-6,8,11,13-15,17,20-22,25-26,29,31-33,35,38,40-46H2,1-3H3/b10-7-,12-9-,19-16-,24-23-,28-27-,30-18-,37-34-,39-36-. The lowest BCUT2D eigenvalue weighted by Gasteiger charge is -2.18. The molecule has 0 bridgehead atoms. The first-order valence-electron chi connectivity index (χ1n) is 22.2. The zero-order valence-corrected chi connectivity index (χ0v) is 35.9. The van der Waals surface area contributed by atoms with Crippen LogP contribution >= 0.6 is 0 Å². The minimum atomic E-state index is -0.839. The highest BCUT2D eigenvalue weighted by Gasteiger charge is 2.19.